The number of nitrogens with one attached hydrogen (secondary N) is 1. The predicted molar refractivity (Wildman–Crippen MR) is 114 cm³/mol. The smallest absolute Gasteiger partial charge is 0.259 e. The van der Waals surface area contributed by atoms with E-state index in [1.54, 1.807) is 19.2 Å². The van der Waals surface area contributed by atoms with Crippen LogP contribution in [-0.4, -0.2) is 50.0 Å². The van der Waals surface area contributed by atoms with Crippen LogP contribution >= 0.6 is 15.9 Å². The van der Waals surface area contributed by atoms with Gasteiger partial charge in [-0.25, -0.2) is 0 Å². The lowest BCUT2D eigenvalue weighted by molar-refractivity contribution is -0.131. The molecule has 0 unspecified atom stereocenters. The first kappa shape index (κ1) is 20.2. The summed E-state index contributed by atoms with van der Waals surface area (Å²) in [6, 6.07) is 13.1. The molecular formula is C21H24BrN3O3. The van der Waals surface area contributed by atoms with Gasteiger partial charge in [-0.15, -0.1) is 0 Å². The zero-order valence-electron chi connectivity index (χ0n) is 16.1. The number of halogens is 1. The molecule has 0 bridgehead atoms. The minimum absolute atomic E-state index is 0.209. The zero-order chi connectivity index (χ0) is 20.1. The van der Waals surface area contributed by atoms with Crippen LogP contribution in [0.1, 0.15) is 23.7 Å². The molecule has 1 aliphatic heterocycles. The SMILES string of the molecule is CCC(=O)N1CCN(c2ccc(NC(=O)c3cc(Br)ccc3OC)cc2)CC1. The minimum Gasteiger partial charge on any atom is -0.496 e. The molecule has 1 N–H and O–H groups in total. The Labute approximate surface area is 173 Å². The average Bonchev–Trinajstić information content (AvgIpc) is 2.73. The van der Waals surface area contributed by atoms with Gasteiger partial charge in [0.15, 0.2) is 0 Å². The molecule has 0 aliphatic carbocycles. The molecule has 1 heterocycles. The van der Waals surface area contributed by atoms with E-state index in [-0.39, 0.29) is 11.8 Å². The average molecular weight is 446 g/mol. The summed E-state index contributed by atoms with van der Waals surface area (Å²) < 4.78 is 6.09. The Bertz CT molecular complexity index is 846. The standard InChI is InChI=1S/C21H24BrN3O3/c1-3-20(26)25-12-10-24(11-13-25)17-7-5-16(6-8-17)23-21(27)18-14-15(22)4-9-19(18)28-2/h4-9,14H,3,10-13H2,1-2H3,(H,23,27). The summed E-state index contributed by atoms with van der Waals surface area (Å²) in [5.74, 6) is 0.509. The van der Waals surface area contributed by atoms with E-state index in [1.165, 1.54) is 0 Å². The summed E-state index contributed by atoms with van der Waals surface area (Å²) in [7, 11) is 1.54. The Hall–Kier alpha value is -2.54. The predicted octanol–water partition coefficient (Wildman–Crippen LogP) is 3.77. The third kappa shape index (κ3) is 4.65. The highest BCUT2D eigenvalue weighted by molar-refractivity contribution is 9.10. The molecule has 148 valence electrons. The van der Waals surface area contributed by atoms with Crippen molar-refractivity contribution in [3.05, 3.63) is 52.5 Å². The van der Waals surface area contributed by atoms with E-state index in [0.717, 1.165) is 42.0 Å². The van der Waals surface area contributed by atoms with Gasteiger partial charge in [-0.2, -0.15) is 0 Å². The van der Waals surface area contributed by atoms with E-state index in [2.05, 4.69) is 26.1 Å². The van der Waals surface area contributed by atoms with Gasteiger partial charge in [0, 0.05) is 48.4 Å². The van der Waals surface area contributed by atoms with E-state index >= 15 is 0 Å². The first-order chi connectivity index (χ1) is 13.5. The molecule has 2 aromatic carbocycles. The topological polar surface area (TPSA) is 61.9 Å². The monoisotopic (exact) mass is 445 g/mol. The summed E-state index contributed by atoms with van der Waals surface area (Å²) in [6.07, 6.45) is 0.553. The van der Waals surface area contributed by atoms with Crippen molar-refractivity contribution in [2.75, 3.05) is 43.5 Å². The molecule has 0 spiro atoms. The normalized spacial score (nSPS) is 14.0. The van der Waals surface area contributed by atoms with E-state index in [0.29, 0.717) is 17.7 Å². The Balaban J connectivity index is 1.63. The molecule has 1 saturated heterocycles. The number of amides is 2. The number of piperazine rings is 1. The van der Waals surface area contributed by atoms with E-state index < -0.39 is 0 Å². The number of anilines is 2. The number of hydrogen-bond donors (Lipinski definition) is 1. The second-order valence-electron chi connectivity index (χ2n) is 6.57. The van der Waals surface area contributed by atoms with Gasteiger partial charge in [-0.05, 0) is 42.5 Å². The first-order valence-electron chi connectivity index (χ1n) is 9.29. The van der Waals surface area contributed by atoms with E-state index in [4.69, 9.17) is 4.74 Å². The summed E-state index contributed by atoms with van der Waals surface area (Å²) in [5, 5.41) is 2.91. The highest BCUT2D eigenvalue weighted by Crippen LogP contribution is 2.25. The van der Waals surface area contributed by atoms with Crippen molar-refractivity contribution in [3.63, 3.8) is 0 Å². The first-order valence-corrected chi connectivity index (χ1v) is 10.1. The maximum Gasteiger partial charge on any atom is 0.259 e. The molecule has 7 heteroatoms. The van der Waals surface area contributed by atoms with E-state index in [9.17, 15) is 9.59 Å². The number of hydrogen-bond acceptors (Lipinski definition) is 4. The highest BCUT2D eigenvalue weighted by atomic mass is 79.9. The lowest BCUT2D eigenvalue weighted by Crippen LogP contribution is -2.48. The fourth-order valence-corrected chi connectivity index (χ4v) is 3.61. The highest BCUT2D eigenvalue weighted by Gasteiger charge is 2.20. The molecule has 3 rings (SSSR count). The van der Waals surface area contributed by atoms with Crippen LogP contribution in [0.2, 0.25) is 0 Å². The molecule has 0 aromatic heterocycles. The van der Waals surface area contributed by atoms with Gasteiger partial charge in [0.2, 0.25) is 5.91 Å². The van der Waals surface area contributed by atoms with Gasteiger partial charge in [0.05, 0.1) is 12.7 Å². The van der Waals surface area contributed by atoms with Crippen LogP contribution < -0.4 is 15.0 Å². The summed E-state index contributed by atoms with van der Waals surface area (Å²) in [5.41, 5.74) is 2.27. The molecule has 2 aromatic rings. The number of methoxy groups -OCH3 is 1. The lowest BCUT2D eigenvalue weighted by Gasteiger charge is -2.36. The Kier molecular flexibility index (Phi) is 6.57. The molecule has 0 radical (unpaired) electrons. The molecule has 0 saturated carbocycles. The van der Waals surface area contributed by atoms with Crippen LogP contribution in [0, 0.1) is 0 Å². The van der Waals surface area contributed by atoms with Crippen molar-refractivity contribution < 1.29 is 14.3 Å². The Morgan fingerprint density at radius 2 is 1.75 bits per heavy atom. The fourth-order valence-electron chi connectivity index (χ4n) is 3.25. The molecule has 1 fully saturated rings. The lowest BCUT2D eigenvalue weighted by atomic mass is 10.1. The number of nitrogens with zero attached hydrogens (tertiary/aromatic N) is 2. The Morgan fingerprint density at radius 1 is 1.07 bits per heavy atom. The van der Waals surface area contributed by atoms with Gasteiger partial charge in [-0.3, -0.25) is 9.59 Å². The number of ether oxygens (including phenoxy) is 1. The second-order valence-corrected chi connectivity index (χ2v) is 7.48. The van der Waals surface area contributed by atoms with Gasteiger partial charge in [-0.1, -0.05) is 22.9 Å². The molecule has 28 heavy (non-hydrogen) atoms. The van der Waals surface area contributed by atoms with Gasteiger partial charge in [0.1, 0.15) is 5.75 Å². The number of rotatable bonds is 5. The van der Waals surface area contributed by atoms with Crippen LogP contribution in [0.15, 0.2) is 46.9 Å². The van der Waals surface area contributed by atoms with Crippen molar-refractivity contribution >= 4 is 39.1 Å². The summed E-state index contributed by atoms with van der Waals surface area (Å²) in [6.45, 7) is 5.01. The van der Waals surface area contributed by atoms with Crippen LogP contribution in [-0.2, 0) is 4.79 Å². The number of carbonyl (C=O) groups excluding carboxylic acids is 2. The van der Waals surface area contributed by atoms with Crippen molar-refractivity contribution in [2.24, 2.45) is 0 Å². The quantitative estimate of drug-likeness (QED) is 0.760. The Morgan fingerprint density at radius 3 is 2.36 bits per heavy atom. The van der Waals surface area contributed by atoms with Crippen molar-refractivity contribution in [1.82, 2.24) is 4.90 Å². The molecule has 0 atom stereocenters. The maximum absolute atomic E-state index is 12.6. The summed E-state index contributed by atoms with van der Waals surface area (Å²) >= 11 is 3.38. The third-order valence-electron chi connectivity index (χ3n) is 4.83. The van der Waals surface area contributed by atoms with Crippen LogP contribution in [0.3, 0.4) is 0 Å². The van der Waals surface area contributed by atoms with Gasteiger partial charge in [0.25, 0.3) is 5.91 Å². The number of benzene rings is 2. The summed E-state index contributed by atoms with van der Waals surface area (Å²) in [4.78, 5) is 28.6. The third-order valence-corrected chi connectivity index (χ3v) is 5.32. The fraction of sp³-hybridized carbons (Fsp3) is 0.333. The van der Waals surface area contributed by atoms with Gasteiger partial charge >= 0.3 is 0 Å². The second kappa shape index (κ2) is 9.10. The van der Waals surface area contributed by atoms with Crippen LogP contribution in [0.5, 0.6) is 5.75 Å². The minimum atomic E-state index is -0.224. The molecule has 6 nitrogen and oxygen atoms in total. The number of carbonyl (C=O) groups is 2. The zero-order valence-corrected chi connectivity index (χ0v) is 17.7. The maximum atomic E-state index is 12.6. The van der Waals surface area contributed by atoms with Gasteiger partial charge < -0.3 is 19.9 Å². The van der Waals surface area contributed by atoms with Crippen LogP contribution in [0.25, 0.3) is 0 Å². The van der Waals surface area contributed by atoms with Crippen molar-refractivity contribution in [1.29, 1.82) is 0 Å². The van der Waals surface area contributed by atoms with E-state index in [1.807, 2.05) is 42.2 Å². The molecule has 2 amide bonds. The van der Waals surface area contributed by atoms with Crippen molar-refractivity contribution in [3.8, 4) is 5.75 Å². The largest absolute Gasteiger partial charge is 0.496 e. The molecule has 1 aliphatic rings. The van der Waals surface area contributed by atoms with Crippen LogP contribution in [0.4, 0.5) is 11.4 Å². The molecular weight excluding hydrogens is 422 g/mol. The van der Waals surface area contributed by atoms with Crippen molar-refractivity contribution in [2.45, 2.75) is 13.3 Å².